The van der Waals surface area contributed by atoms with Crippen LogP contribution in [-0.2, 0) is 12.8 Å². The normalized spacial score (nSPS) is 21.0. The van der Waals surface area contributed by atoms with Gasteiger partial charge in [-0.15, -0.1) is 11.3 Å². The summed E-state index contributed by atoms with van der Waals surface area (Å²) in [5, 5.41) is 4.34. The molecular weight excluding hydrogens is 521 g/mol. The predicted molar refractivity (Wildman–Crippen MR) is 140 cm³/mol. The van der Waals surface area contributed by atoms with Gasteiger partial charge in [0.15, 0.2) is 6.61 Å². The summed E-state index contributed by atoms with van der Waals surface area (Å²) in [5.74, 6) is 0.633. The Balaban J connectivity index is 1.03. The molecule has 11 heteroatoms. The number of nitrogens with zero attached hydrogens (tertiary/aromatic N) is 3. The van der Waals surface area contributed by atoms with Crippen LogP contribution in [0.15, 0.2) is 18.2 Å². The Labute approximate surface area is 222 Å². The summed E-state index contributed by atoms with van der Waals surface area (Å²) in [7, 11) is 0. The Morgan fingerprint density at radius 3 is 2.70 bits per heavy atom. The number of alkyl halides is 3. The highest BCUT2D eigenvalue weighted by Gasteiger charge is 2.30. The van der Waals surface area contributed by atoms with E-state index in [1.807, 2.05) is 25.1 Å². The number of carbonyl (C=O) groups excluding carboxylic acids is 1. The van der Waals surface area contributed by atoms with Crippen molar-refractivity contribution in [1.82, 2.24) is 20.2 Å². The van der Waals surface area contributed by atoms with Gasteiger partial charge >= 0.3 is 6.18 Å². The van der Waals surface area contributed by atoms with Crippen LogP contribution < -0.4 is 10.1 Å². The van der Waals surface area contributed by atoms with Crippen LogP contribution in [0.25, 0.3) is 10.2 Å². The average Bonchev–Trinajstić information content (AvgIpc) is 3.38. The molecule has 1 aliphatic heterocycles. The summed E-state index contributed by atoms with van der Waals surface area (Å²) in [4.78, 5) is 25.1. The summed E-state index contributed by atoms with van der Waals surface area (Å²) in [6.07, 6.45) is 2.53. The third-order valence-corrected chi connectivity index (χ3v) is 9.25. The van der Waals surface area contributed by atoms with Crippen LogP contribution in [0.3, 0.4) is 0 Å². The Hall–Kier alpha value is -2.24. The molecule has 200 valence electrons. The minimum Gasteiger partial charge on any atom is -0.460 e. The molecule has 0 spiro atoms. The van der Waals surface area contributed by atoms with Gasteiger partial charge in [0.2, 0.25) is 0 Å². The van der Waals surface area contributed by atoms with Gasteiger partial charge in [-0.05, 0) is 76.1 Å². The van der Waals surface area contributed by atoms with E-state index in [2.05, 4.69) is 20.2 Å². The van der Waals surface area contributed by atoms with E-state index >= 15 is 0 Å². The van der Waals surface area contributed by atoms with Gasteiger partial charge in [-0.2, -0.15) is 13.2 Å². The van der Waals surface area contributed by atoms with E-state index in [-0.39, 0.29) is 17.1 Å². The Bertz CT molecular complexity index is 1210. The second-order valence-corrected chi connectivity index (χ2v) is 12.3. The van der Waals surface area contributed by atoms with Crippen LogP contribution >= 0.6 is 22.7 Å². The third kappa shape index (κ3) is 7.00. The van der Waals surface area contributed by atoms with Crippen LogP contribution in [0.5, 0.6) is 5.19 Å². The second kappa shape index (κ2) is 11.2. The number of carbonyl (C=O) groups is 1. The molecule has 1 aromatic carbocycles. The molecule has 1 saturated carbocycles. The summed E-state index contributed by atoms with van der Waals surface area (Å²) < 4.78 is 43.1. The van der Waals surface area contributed by atoms with Crippen LogP contribution in [0, 0.1) is 12.8 Å². The Morgan fingerprint density at radius 1 is 1.14 bits per heavy atom. The van der Waals surface area contributed by atoms with Gasteiger partial charge in [0.1, 0.15) is 0 Å². The lowest BCUT2D eigenvalue weighted by Crippen LogP contribution is -2.38. The molecule has 1 aliphatic carbocycles. The molecule has 3 aromatic rings. The second-order valence-electron chi connectivity index (χ2n) is 9.99. The van der Waals surface area contributed by atoms with Gasteiger partial charge in [-0.25, -0.2) is 9.97 Å². The molecule has 1 N–H and O–H groups in total. The van der Waals surface area contributed by atoms with Crippen molar-refractivity contribution in [2.24, 2.45) is 5.92 Å². The molecule has 2 aromatic heterocycles. The number of aryl methyl sites for hydroxylation is 1. The van der Waals surface area contributed by atoms with Crippen molar-refractivity contribution < 1.29 is 22.7 Å². The van der Waals surface area contributed by atoms with Crippen molar-refractivity contribution in [3.63, 3.8) is 0 Å². The molecule has 1 fully saturated rings. The van der Waals surface area contributed by atoms with Crippen molar-refractivity contribution >= 4 is 38.8 Å². The molecule has 0 unspecified atom stereocenters. The lowest BCUT2D eigenvalue weighted by atomic mass is 9.84. The van der Waals surface area contributed by atoms with Crippen molar-refractivity contribution in [1.29, 1.82) is 0 Å². The molecule has 6 nitrogen and oxygen atoms in total. The fourth-order valence-corrected chi connectivity index (χ4v) is 6.98. The van der Waals surface area contributed by atoms with Crippen LogP contribution in [-0.4, -0.2) is 59.2 Å². The molecule has 0 saturated heterocycles. The zero-order chi connectivity index (χ0) is 26.0. The number of nitrogens with one attached hydrogen (secondary N) is 1. The molecule has 2 aliphatic rings. The first kappa shape index (κ1) is 26.4. The average molecular weight is 553 g/mol. The minimum atomic E-state index is -4.35. The van der Waals surface area contributed by atoms with Crippen LogP contribution in [0.2, 0.25) is 0 Å². The molecule has 5 rings (SSSR count). The van der Waals surface area contributed by atoms with Crippen molar-refractivity contribution in [3.05, 3.63) is 39.3 Å². The third-order valence-electron chi connectivity index (χ3n) is 7.23. The minimum absolute atomic E-state index is 0.0198. The summed E-state index contributed by atoms with van der Waals surface area (Å²) >= 11 is 2.88. The lowest BCUT2D eigenvalue weighted by Gasteiger charge is -2.30. The number of fused-ring (bicyclic) bond motifs is 2. The Morgan fingerprint density at radius 2 is 1.92 bits per heavy atom. The zero-order valence-corrected chi connectivity index (χ0v) is 22.4. The highest BCUT2D eigenvalue weighted by Crippen LogP contribution is 2.31. The smallest absolute Gasteiger partial charge is 0.422 e. The van der Waals surface area contributed by atoms with Gasteiger partial charge in [-0.3, -0.25) is 4.79 Å². The molecule has 3 heterocycles. The molecule has 1 amide bonds. The van der Waals surface area contributed by atoms with Crippen LogP contribution in [0.1, 0.15) is 58.0 Å². The van der Waals surface area contributed by atoms with E-state index in [1.165, 1.54) is 11.3 Å². The van der Waals surface area contributed by atoms with Gasteiger partial charge in [-0.1, -0.05) is 11.3 Å². The highest BCUT2D eigenvalue weighted by atomic mass is 32.1. The number of benzene rings is 1. The first-order valence-corrected chi connectivity index (χ1v) is 14.4. The zero-order valence-electron chi connectivity index (χ0n) is 20.8. The number of thiazole rings is 2. The number of rotatable bonds is 7. The molecule has 37 heavy (non-hydrogen) atoms. The fraction of sp³-hybridized carbons (Fsp3) is 0.577. The van der Waals surface area contributed by atoms with Crippen molar-refractivity contribution in [2.45, 2.75) is 64.1 Å². The highest BCUT2D eigenvalue weighted by molar-refractivity contribution is 7.18. The fourth-order valence-electron chi connectivity index (χ4n) is 5.23. The number of halogens is 3. The van der Waals surface area contributed by atoms with E-state index in [9.17, 15) is 18.0 Å². The van der Waals surface area contributed by atoms with Crippen molar-refractivity contribution in [3.8, 4) is 5.19 Å². The first-order chi connectivity index (χ1) is 17.7. The number of ether oxygens (including phenoxy) is 1. The first-order valence-electron chi connectivity index (χ1n) is 12.8. The molecular formula is C26H31F3N4O2S2. The topological polar surface area (TPSA) is 67.4 Å². The largest absolute Gasteiger partial charge is 0.460 e. The van der Waals surface area contributed by atoms with E-state index in [1.54, 1.807) is 11.3 Å². The SMILES string of the molecule is Cc1nc2cc(C(=O)N[C@H]3CC[C@H](CCN4CCc5nc(OCC(F)(F)F)sc5CC4)CC3)ccc2s1. The lowest BCUT2D eigenvalue weighted by molar-refractivity contribution is -0.153. The summed E-state index contributed by atoms with van der Waals surface area (Å²) in [5.41, 5.74) is 2.43. The Kier molecular flexibility index (Phi) is 8.02. The number of hydrogen-bond acceptors (Lipinski definition) is 7. The maximum absolute atomic E-state index is 12.8. The number of aromatic nitrogens is 2. The summed E-state index contributed by atoms with van der Waals surface area (Å²) in [6, 6.07) is 5.95. The van der Waals surface area contributed by atoms with Gasteiger partial charge < -0.3 is 15.0 Å². The summed E-state index contributed by atoms with van der Waals surface area (Å²) in [6.45, 7) is 3.45. The standard InChI is InChI=1S/C26H31F3N4O2S2/c1-16-30-21-14-18(4-7-22(21)36-16)24(34)31-19-5-2-17(3-6-19)8-11-33-12-9-20-23(10-13-33)37-25(32-20)35-15-26(27,28)29/h4,7,14,17,19H,2-3,5-6,8-13,15H2,1H3,(H,31,34)/t17-,19-. The number of amides is 1. The van der Waals surface area contributed by atoms with E-state index < -0.39 is 12.8 Å². The van der Waals surface area contributed by atoms with Gasteiger partial charge in [0.05, 0.1) is 20.9 Å². The molecule has 0 bridgehead atoms. The van der Waals surface area contributed by atoms with E-state index in [4.69, 9.17) is 4.74 Å². The number of hydrogen-bond donors (Lipinski definition) is 1. The van der Waals surface area contributed by atoms with Crippen molar-refractivity contribution in [2.75, 3.05) is 26.2 Å². The van der Waals surface area contributed by atoms with E-state index in [0.717, 1.165) is 90.4 Å². The monoisotopic (exact) mass is 552 g/mol. The van der Waals surface area contributed by atoms with Gasteiger partial charge in [0, 0.05) is 36.0 Å². The maximum Gasteiger partial charge on any atom is 0.422 e. The predicted octanol–water partition coefficient (Wildman–Crippen LogP) is 5.78. The van der Waals surface area contributed by atoms with E-state index in [0.29, 0.717) is 11.5 Å². The van der Waals surface area contributed by atoms with Crippen LogP contribution in [0.4, 0.5) is 13.2 Å². The molecule has 0 radical (unpaired) electrons. The van der Waals surface area contributed by atoms with Gasteiger partial charge in [0.25, 0.3) is 11.1 Å². The quantitative estimate of drug-likeness (QED) is 0.402. The maximum atomic E-state index is 12.8. The molecule has 0 atom stereocenters.